The van der Waals surface area contributed by atoms with Crippen LogP contribution in [-0.4, -0.2) is 24.8 Å². The summed E-state index contributed by atoms with van der Waals surface area (Å²) in [6.45, 7) is 8.03. The minimum absolute atomic E-state index is 0.0938. The predicted octanol–water partition coefficient (Wildman–Crippen LogP) is 1.79. The van der Waals surface area contributed by atoms with Crippen LogP contribution in [0.15, 0.2) is 12.2 Å². The normalized spacial score (nSPS) is 35.2. The Morgan fingerprint density at radius 1 is 1.57 bits per heavy atom. The van der Waals surface area contributed by atoms with Crippen LogP contribution in [0.4, 0.5) is 0 Å². The molecule has 1 aliphatic carbocycles. The van der Waals surface area contributed by atoms with Crippen LogP contribution in [0.1, 0.15) is 33.1 Å². The zero-order valence-electron chi connectivity index (χ0n) is 8.73. The van der Waals surface area contributed by atoms with E-state index in [1.165, 1.54) is 0 Å². The summed E-state index contributed by atoms with van der Waals surface area (Å²) in [5.74, 6) is 0.847. The van der Waals surface area contributed by atoms with Crippen LogP contribution in [0.3, 0.4) is 0 Å². The monoisotopic (exact) mass is 266 g/mol. The molecule has 0 saturated heterocycles. The predicted molar refractivity (Wildman–Crippen MR) is 54.9 cm³/mol. The molecular formula is C10H18O3Se. The first-order chi connectivity index (χ1) is 6.50. The molecule has 0 aromatic rings. The van der Waals surface area contributed by atoms with Crippen molar-refractivity contribution in [1.82, 2.24) is 0 Å². The fourth-order valence-corrected chi connectivity index (χ4v) is 2.99. The zero-order chi connectivity index (χ0) is 10.7. The van der Waals surface area contributed by atoms with Gasteiger partial charge in [-0.2, -0.15) is 0 Å². The Kier molecular flexibility index (Phi) is 4.45. The molecule has 4 heteroatoms. The number of hydrogen-bond acceptors (Lipinski definition) is 2. The van der Waals surface area contributed by atoms with Gasteiger partial charge >= 0.3 is 89.5 Å². The van der Waals surface area contributed by atoms with Crippen LogP contribution in [-0.2, 0) is 7.65 Å². The van der Waals surface area contributed by atoms with Crippen LogP contribution < -0.4 is 0 Å². The second kappa shape index (κ2) is 5.17. The molecule has 1 rings (SSSR count). The summed E-state index contributed by atoms with van der Waals surface area (Å²) in [6, 6.07) is 0. The van der Waals surface area contributed by atoms with Crippen LogP contribution in [0.5, 0.6) is 0 Å². The molecule has 4 atom stereocenters. The summed E-state index contributed by atoms with van der Waals surface area (Å²) in [6.07, 6.45) is 2.97. The Hall–Kier alpha value is -0.0205. The first kappa shape index (κ1) is 12.1. The van der Waals surface area contributed by atoms with Gasteiger partial charge in [-0.1, -0.05) is 0 Å². The molecule has 4 unspecified atom stereocenters. The molecule has 1 fully saturated rings. The Bertz CT molecular complexity index is 240. The molecule has 0 amide bonds. The summed E-state index contributed by atoms with van der Waals surface area (Å²) < 4.78 is 24.6. The average molecular weight is 265 g/mol. The third-order valence-electron chi connectivity index (χ3n) is 2.89. The van der Waals surface area contributed by atoms with Gasteiger partial charge in [-0.25, -0.2) is 0 Å². The molecule has 1 saturated carbocycles. The first-order valence-electron chi connectivity index (χ1n) is 4.94. The molecule has 0 radical (unpaired) electrons. The molecule has 0 bridgehead atoms. The minimum atomic E-state index is -3.02. The second-order valence-corrected chi connectivity index (χ2v) is 5.54. The van der Waals surface area contributed by atoms with Gasteiger partial charge in [-0.3, -0.25) is 0 Å². The molecule has 14 heavy (non-hydrogen) atoms. The quantitative estimate of drug-likeness (QED) is 0.625. The van der Waals surface area contributed by atoms with Crippen LogP contribution in [0.2, 0.25) is 0 Å². The van der Waals surface area contributed by atoms with Crippen molar-refractivity contribution in [2.45, 2.75) is 39.2 Å². The summed E-state index contributed by atoms with van der Waals surface area (Å²) in [5.41, 5.74) is 1.06. The van der Waals surface area contributed by atoms with Gasteiger partial charge in [0.2, 0.25) is 0 Å². The van der Waals surface area contributed by atoms with Crippen molar-refractivity contribution >= 4 is 14.5 Å². The Morgan fingerprint density at radius 3 is 2.71 bits per heavy atom. The molecule has 0 spiro atoms. The molecule has 0 aromatic carbocycles. The van der Waals surface area contributed by atoms with E-state index in [4.69, 9.17) is 8.01 Å². The van der Waals surface area contributed by atoms with Crippen LogP contribution in [0, 0.1) is 11.8 Å². The van der Waals surface area contributed by atoms with Crippen molar-refractivity contribution in [2.24, 2.45) is 11.8 Å². The van der Waals surface area contributed by atoms with Gasteiger partial charge in [0.15, 0.2) is 0 Å². The summed E-state index contributed by atoms with van der Waals surface area (Å²) in [4.78, 5) is 0. The topological polar surface area (TPSA) is 46.5 Å². The van der Waals surface area contributed by atoms with Crippen molar-refractivity contribution in [1.29, 1.82) is 0 Å². The standard InChI is InChI=1S/C10H18O3Se/c1-7(2)9-5-4-8(3)6-10(9)13-14(11)12/h8-10H,1,4-6H2,2-3H3,(H,11,12). The van der Waals surface area contributed by atoms with Gasteiger partial charge in [-0.15, -0.1) is 0 Å². The number of hydrogen-bond donors (Lipinski definition) is 1. The summed E-state index contributed by atoms with van der Waals surface area (Å²) in [5, 5.41) is 0. The molecule has 0 aliphatic heterocycles. The van der Waals surface area contributed by atoms with Gasteiger partial charge in [-0.05, 0) is 0 Å². The third-order valence-corrected chi connectivity index (χ3v) is 3.76. The molecule has 82 valence electrons. The first-order valence-corrected chi connectivity index (χ1v) is 7.10. The van der Waals surface area contributed by atoms with E-state index >= 15 is 0 Å². The fourth-order valence-electron chi connectivity index (χ4n) is 2.10. The van der Waals surface area contributed by atoms with Gasteiger partial charge in [0, 0.05) is 0 Å². The van der Waals surface area contributed by atoms with E-state index in [2.05, 4.69) is 13.5 Å². The molecule has 1 aliphatic rings. The Balaban J connectivity index is 2.63. The van der Waals surface area contributed by atoms with Crippen molar-refractivity contribution in [3.05, 3.63) is 12.2 Å². The third kappa shape index (κ3) is 3.28. The second-order valence-electron chi connectivity index (χ2n) is 4.22. The maximum absolute atomic E-state index is 10.7. The molecular weight excluding hydrogens is 247 g/mol. The van der Waals surface area contributed by atoms with E-state index in [0.717, 1.165) is 24.8 Å². The number of rotatable bonds is 3. The fraction of sp³-hybridized carbons (Fsp3) is 0.800. The Morgan fingerprint density at radius 2 is 2.21 bits per heavy atom. The van der Waals surface area contributed by atoms with E-state index in [1.807, 2.05) is 6.92 Å². The van der Waals surface area contributed by atoms with Crippen molar-refractivity contribution in [3.63, 3.8) is 0 Å². The van der Waals surface area contributed by atoms with Gasteiger partial charge in [0.05, 0.1) is 0 Å². The average Bonchev–Trinajstić information content (AvgIpc) is 2.01. The Labute approximate surface area is 89.9 Å². The van der Waals surface area contributed by atoms with E-state index in [0.29, 0.717) is 5.92 Å². The van der Waals surface area contributed by atoms with Gasteiger partial charge < -0.3 is 0 Å². The molecule has 3 nitrogen and oxygen atoms in total. The van der Waals surface area contributed by atoms with E-state index in [9.17, 15) is 3.83 Å². The van der Waals surface area contributed by atoms with Gasteiger partial charge in [0.1, 0.15) is 0 Å². The zero-order valence-corrected chi connectivity index (χ0v) is 10.4. The molecule has 0 heterocycles. The summed E-state index contributed by atoms with van der Waals surface area (Å²) >= 11 is -3.02. The van der Waals surface area contributed by atoms with Gasteiger partial charge in [0.25, 0.3) is 0 Å². The summed E-state index contributed by atoms with van der Waals surface area (Å²) in [7, 11) is 0. The molecule has 1 N–H and O–H groups in total. The van der Waals surface area contributed by atoms with E-state index in [1.54, 1.807) is 0 Å². The van der Waals surface area contributed by atoms with Crippen molar-refractivity contribution < 1.29 is 11.8 Å². The van der Waals surface area contributed by atoms with Crippen LogP contribution >= 0.6 is 0 Å². The van der Waals surface area contributed by atoms with E-state index in [-0.39, 0.29) is 12.0 Å². The SMILES string of the molecule is C=C(C)C1CCC(C)CC1O[Se](=O)O. The molecule has 0 aromatic heterocycles. The van der Waals surface area contributed by atoms with Crippen molar-refractivity contribution in [3.8, 4) is 0 Å². The van der Waals surface area contributed by atoms with E-state index < -0.39 is 14.5 Å². The maximum atomic E-state index is 10.7. The van der Waals surface area contributed by atoms with Crippen LogP contribution in [0.25, 0.3) is 0 Å². The van der Waals surface area contributed by atoms with Crippen molar-refractivity contribution in [2.75, 3.05) is 0 Å².